The maximum absolute atomic E-state index is 4.58. The second-order valence-electron chi connectivity index (χ2n) is 5.83. The Morgan fingerprint density at radius 1 is 0.870 bits per heavy atom. The van der Waals surface area contributed by atoms with E-state index in [0.717, 1.165) is 55.0 Å². The summed E-state index contributed by atoms with van der Waals surface area (Å²) < 4.78 is 1.94. The molecule has 1 aliphatic rings. The van der Waals surface area contributed by atoms with Gasteiger partial charge in [0.1, 0.15) is 5.82 Å². The van der Waals surface area contributed by atoms with E-state index in [1.54, 1.807) is 12.4 Å². The lowest BCUT2D eigenvalue weighted by Crippen LogP contribution is -2.47. The van der Waals surface area contributed by atoms with E-state index < -0.39 is 0 Å². The van der Waals surface area contributed by atoms with Crippen LogP contribution in [0.25, 0.3) is 5.65 Å². The molecule has 0 N–H and O–H groups in total. The topological polar surface area (TPSA) is 62.5 Å². The molecule has 4 rings (SSSR count). The van der Waals surface area contributed by atoms with Crippen molar-refractivity contribution in [3.63, 3.8) is 0 Å². The largest absolute Gasteiger partial charge is 0.353 e. The zero-order valence-electron chi connectivity index (χ0n) is 13.3. The molecule has 0 aliphatic carbocycles. The molecular formula is C16H19N7. The molecule has 1 saturated heterocycles. The maximum atomic E-state index is 4.58. The van der Waals surface area contributed by atoms with E-state index in [1.807, 2.05) is 30.5 Å². The van der Waals surface area contributed by atoms with Crippen LogP contribution in [0.4, 0.5) is 11.8 Å². The van der Waals surface area contributed by atoms with Crippen LogP contribution in [-0.4, -0.2) is 50.7 Å². The number of hydrogen-bond acceptors (Lipinski definition) is 6. The number of rotatable bonds is 2. The molecule has 1 aliphatic heterocycles. The summed E-state index contributed by atoms with van der Waals surface area (Å²) >= 11 is 0. The van der Waals surface area contributed by atoms with Gasteiger partial charge in [-0.1, -0.05) is 0 Å². The monoisotopic (exact) mass is 309 g/mol. The van der Waals surface area contributed by atoms with Crippen LogP contribution in [0.5, 0.6) is 0 Å². The molecule has 23 heavy (non-hydrogen) atoms. The van der Waals surface area contributed by atoms with Crippen molar-refractivity contribution >= 4 is 17.4 Å². The van der Waals surface area contributed by atoms with Crippen LogP contribution in [0.3, 0.4) is 0 Å². The summed E-state index contributed by atoms with van der Waals surface area (Å²) in [5.41, 5.74) is 2.91. The van der Waals surface area contributed by atoms with Gasteiger partial charge in [0.05, 0.1) is 5.69 Å². The van der Waals surface area contributed by atoms with Gasteiger partial charge in [-0.3, -0.25) is 0 Å². The van der Waals surface area contributed by atoms with E-state index in [-0.39, 0.29) is 0 Å². The van der Waals surface area contributed by atoms with Gasteiger partial charge >= 0.3 is 0 Å². The van der Waals surface area contributed by atoms with E-state index in [0.29, 0.717) is 0 Å². The minimum Gasteiger partial charge on any atom is -0.353 e. The average Bonchev–Trinajstić information content (AvgIpc) is 2.95. The van der Waals surface area contributed by atoms with Gasteiger partial charge in [-0.2, -0.15) is 9.61 Å². The Labute approximate surface area is 134 Å². The Kier molecular flexibility index (Phi) is 3.33. The number of hydrogen-bond donors (Lipinski definition) is 0. The van der Waals surface area contributed by atoms with Gasteiger partial charge in [0.2, 0.25) is 5.95 Å². The summed E-state index contributed by atoms with van der Waals surface area (Å²) in [6, 6.07) is 5.97. The highest BCUT2D eigenvalue weighted by atomic mass is 15.4. The lowest BCUT2D eigenvalue weighted by Gasteiger charge is -2.35. The number of fused-ring (bicyclic) bond motifs is 1. The third kappa shape index (κ3) is 2.58. The van der Waals surface area contributed by atoms with E-state index in [9.17, 15) is 0 Å². The molecule has 3 aromatic heterocycles. The normalized spacial score (nSPS) is 15.4. The molecule has 0 aromatic carbocycles. The number of piperazine rings is 1. The van der Waals surface area contributed by atoms with E-state index in [1.165, 1.54) is 0 Å². The Bertz CT molecular complexity index is 819. The van der Waals surface area contributed by atoms with Crippen molar-refractivity contribution in [3.8, 4) is 0 Å². The Hall–Kier alpha value is -2.70. The van der Waals surface area contributed by atoms with Crippen molar-refractivity contribution in [2.45, 2.75) is 13.8 Å². The molecule has 0 unspecified atom stereocenters. The Morgan fingerprint density at radius 3 is 2.30 bits per heavy atom. The second-order valence-corrected chi connectivity index (χ2v) is 5.83. The number of anilines is 2. The van der Waals surface area contributed by atoms with Gasteiger partial charge in [0, 0.05) is 56.4 Å². The lowest BCUT2D eigenvalue weighted by atomic mass is 10.3. The van der Waals surface area contributed by atoms with Crippen LogP contribution in [0.1, 0.15) is 11.4 Å². The van der Waals surface area contributed by atoms with Crippen LogP contribution < -0.4 is 9.80 Å². The predicted molar refractivity (Wildman–Crippen MR) is 88.9 cm³/mol. The summed E-state index contributed by atoms with van der Waals surface area (Å²) in [6.45, 7) is 7.64. The van der Waals surface area contributed by atoms with Crippen molar-refractivity contribution in [1.29, 1.82) is 0 Å². The fourth-order valence-corrected chi connectivity index (χ4v) is 3.01. The van der Waals surface area contributed by atoms with Gasteiger partial charge in [-0.25, -0.2) is 15.0 Å². The summed E-state index contributed by atoms with van der Waals surface area (Å²) in [6.07, 6.45) is 3.58. The van der Waals surface area contributed by atoms with Crippen LogP contribution in [0.15, 0.2) is 30.6 Å². The van der Waals surface area contributed by atoms with Crippen molar-refractivity contribution in [2.75, 3.05) is 36.0 Å². The van der Waals surface area contributed by atoms with Gasteiger partial charge in [0.25, 0.3) is 0 Å². The average molecular weight is 309 g/mol. The second kappa shape index (κ2) is 5.49. The first kappa shape index (κ1) is 13.9. The highest BCUT2D eigenvalue weighted by Gasteiger charge is 2.21. The molecular weight excluding hydrogens is 290 g/mol. The number of aromatic nitrogens is 5. The van der Waals surface area contributed by atoms with Crippen molar-refractivity contribution < 1.29 is 0 Å². The zero-order valence-corrected chi connectivity index (χ0v) is 13.3. The zero-order chi connectivity index (χ0) is 15.8. The third-order valence-electron chi connectivity index (χ3n) is 4.10. The summed E-state index contributed by atoms with van der Waals surface area (Å²) in [7, 11) is 0. The van der Waals surface area contributed by atoms with Gasteiger partial charge in [0.15, 0.2) is 5.65 Å². The SMILES string of the molecule is Cc1cc(N2CCN(c3ncccn3)CC2)n2nc(C)cc2n1. The van der Waals surface area contributed by atoms with Crippen molar-refractivity contribution in [2.24, 2.45) is 0 Å². The lowest BCUT2D eigenvalue weighted by molar-refractivity contribution is 0.626. The quantitative estimate of drug-likeness (QED) is 0.714. The Balaban J connectivity index is 1.59. The number of aryl methyl sites for hydroxylation is 2. The van der Waals surface area contributed by atoms with Crippen LogP contribution in [0.2, 0.25) is 0 Å². The van der Waals surface area contributed by atoms with E-state index in [2.05, 4.69) is 35.9 Å². The fourth-order valence-electron chi connectivity index (χ4n) is 3.01. The number of nitrogens with zero attached hydrogens (tertiary/aromatic N) is 7. The molecule has 7 nitrogen and oxygen atoms in total. The molecule has 118 valence electrons. The van der Waals surface area contributed by atoms with Gasteiger partial charge in [-0.15, -0.1) is 0 Å². The first-order valence-corrected chi connectivity index (χ1v) is 7.82. The smallest absolute Gasteiger partial charge is 0.225 e. The third-order valence-corrected chi connectivity index (χ3v) is 4.10. The van der Waals surface area contributed by atoms with Gasteiger partial charge < -0.3 is 9.80 Å². The molecule has 7 heteroatoms. The standard InChI is InChI=1S/C16H19N7/c1-12-11-15(23-14(19-12)10-13(2)20-23)21-6-8-22(9-7-21)16-17-4-3-5-18-16/h3-5,10-11H,6-9H2,1-2H3. The van der Waals surface area contributed by atoms with Crippen molar-refractivity contribution in [3.05, 3.63) is 42.0 Å². The first-order valence-electron chi connectivity index (χ1n) is 7.82. The molecule has 3 aromatic rings. The summed E-state index contributed by atoms with van der Waals surface area (Å²) in [5, 5.41) is 4.58. The van der Waals surface area contributed by atoms with E-state index >= 15 is 0 Å². The van der Waals surface area contributed by atoms with Crippen LogP contribution >= 0.6 is 0 Å². The molecule has 4 heterocycles. The van der Waals surface area contributed by atoms with Gasteiger partial charge in [-0.05, 0) is 19.9 Å². The fraction of sp³-hybridized carbons (Fsp3) is 0.375. The summed E-state index contributed by atoms with van der Waals surface area (Å²) in [4.78, 5) is 17.8. The molecule has 0 atom stereocenters. The molecule has 0 radical (unpaired) electrons. The first-order chi connectivity index (χ1) is 11.2. The van der Waals surface area contributed by atoms with Crippen LogP contribution in [0, 0.1) is 13.8 Å². The molecule has 0 saturated carbocycles. The Morgan fingerprint density at radius 2 is 1.57 bits per heavy atom. The molecule has 0 spiro atoms. The van der Waals surface area contributed by atoms with Crippen LogP contribution in [-0.2, 0) is 0 Å². The van der Waals surface area contributed by atoms with Crippen molar-refractivity contribution in [1.82, 2.24) is 24.6 Å². The van der Waals surface area contributed by atoms with E-state index in [4.69, 9.17) is 0 Å². The summed E-state index contributed by atoms with van der Waals surface area (Å²) in [5.74, 6) is 1.91. The molecule has 0 bridgehead atoms. The molecule has 0 amide bonds. The maximum Gasteiger partial charge on any atom is 0.225 e. The predicted octanol–water partition coefficient (Wildman–Crippen LogP) is 1.46. The molecule has 1 fully saturated rings. The highest BCUT2D eigenvalue weighted by Crippen LogP contribution is 2.20. The minimum atomic E-state index is 0.804. The highest BCUT2D eigenvalue weighted by molar-refractivity contribution is 5.52. The minimum absolute atomic E-state index is 0.804.